The van der Waals surface area contributed by atoms with Gasteiger partial charge in [0.2, 0.25) is 0 Å². The summed E-state index contributed by atoms with van der Waals surface area (Å²) in [7, 11) is -1.91. The molecule has 10 heteroatoms. The third kappa shape index (κ3) is 5.11. The highest BCUT2D eigenvalue weighted by molar-refractivity contribution is 7.85. The van der Waals surface area contributed by atoms with E-state index < -0.39 is 10.1 Å². The Balaban J connectivity index is 1.91. The van der Waals surface area contributed by atoms with Crippen LogP contribution in [-0.2, 0) is 23.7 Å². The lowest BCUT2D eigenvalue weighted by Gasteiger charge is -2.03. The molecule has 132 valence electrons. The number of hydrazone groups is 1. The zero-order chi connectivity index (χ0) is 17.7. The average Bonchev–Trinajstić information content (AvgIpc) is 3.04. The van der Waals surface area contributed by atoms with Crippen molar-refractivity contribution >= 4 is 32.8 Å². The summed E-state index contributed by atoms with van der Waals surface area (Å²) < 4.78 is 34.0. The lowest BCUT2D eigenvalue weighted by atomic mass is 10.3. The summed E-state index contributed by atoms with van der Waals surface area (Å²) in [5.41, 5.74) is 4.21. The summed E-state index contributed by atoms with van der Waals surface area (Å²) in [5, 5.41) is 5.16. The fraction of sp³-hybridized carbons (Fsp3) is 0.500. The standard InChI is InChI=1S/C14H21N5O3S2/c1-11-12(2)23-14(18(11)3)17-16-10-13-15-6-8-19(13)7-4-5-9-24(20,21)22/h6,8,10H,4-5,7,9H2,1-3H3,(H,20,21,22)/p+1/b16-10+. The van der Waals surface area contributed by atoms with E-state index >= 15 is 0 Å². The molecule has 0 aliphatic rings. The topological polar surface area (TPSA) is 100 Å². The summed E-state index contributed by atoms with van der Waals surface area (Å²) in [5.74, 6) is 0.460. The molecule has 2 N–H and O–H groups in total. The van der Waals surface area contributed by atoms with Crippen LogP contribution < -0.4 is 9.99 Å². The maximum absolute atomic E-state index is 10.7. The van der Waals surface area contributed by atoms with Crippen LogP contribution in [0.2, 0.25) is 0 Å². The van der Waals surface area contributed by atoms with Gasteiger partial charge in [0.05, 0.1) is 17.7 Å². The summed E-state index contributed by atoms with van der Waals surface area (Å²) in [4.78, 5) is 5.45. The number of unbranched alkanes of at least 4 members (excludes halogenated alkanes) is 1. The molecular weight excluding hydrogens is 350 g/mol. The van der Waals surface area contributed by atoms with E-state index in [1.807, 2.05) is 22.4 Å². The minimum Gasteiger partial charge on any atom is -0.330 e. The predicted molar refractivity (Wildman–Crippen MR) is 94.1 cm³/mol. The number of imidazole rings is 1. The van der Waals surface area contributed by atoms with E-state index in [1.165, 1.54) is 10.6 Å². The van der Waals surface area contributed by atoms with Gasteiger partial charge in [0.25, 0.3) is 10.1 Å². The molecule has 0 saturated heterocycles. The van der Waals surface area contributed by atoms with Crippen LogP contribution in [-0.4, -0.2) is 34.5 Å². The second-order valence-corrected chi connectivity index (χ2v) is 8.23. The molecule has 0 bridgehead atoms. The van der Waals surface area contributed by atoms with E-state index in [4.69, 9.17) is 4.55 Å². The van der Waals surface area contributed by atoms with Crippen LogP contribution in [0, 0.1) is 13.8 Å². The number of nitrogens with one attached hydrogen (secondary N) is 1. The van der Waals surface area contributed by atoms with Gasteiger partial charge in [-0.2, -0.15) is 8.42 Å². The number of hydrogen-bond acceptors (Lipinski definition) is 6. The van der Waals surface area contributed by atoms with Crippen molar-refractivity contribution in [1.29, 1.82) is 0 Å². The Kier molecular flexibility index (Phi) is 6.08. The van der Waals surface area contributed by atoms with Gasteiger partial charge in [-0.15, -0.1) is 5.43 Å². The quantitative estimate of drug-likeness (QED) is 0.240. The predicted octanol–water partition coefficient (Wildman–Crippen LogP) is 1.50. The van der Waals surface area contributed by atoms with Gasteiger partial charge in [-0.05, 0) is 38.0 Å². The average molecular weight is 372 g/mol. The highest BCUT2D eigenvalue weighted by Crippen LogP contribution is 2.18. The molecule has 2 aromatic heterocycles. The maximum Gasteiger partial charge on any atom is 0.359 e. The summed E-state index contributed by atoms with van der Waals surface area (Å²) in [6.07, 6.45) is 6.14. The van der Waals surface area contributed by atoms with E-state index in [0.29, 0.717) is 25.2 Å². The van der Waals surface area contributed by atoms with Crippen LogP contribution in [0.3, 0.4) is 0 Å². The van der Waals surface area contributed by atoms with Crippen LogP contribution in [0.1, 0.15) is 29.2 Å². The monoisotopic (exact) mass is 372 g/mol. The van der Waals surface area contributed by atoms with Gasteiger partial charge in [-0.1, -0.05) is 5.10 Å². The first-order chi connectivity index (χ1) is 11.3. The van der Waals surface area contributed by atoms with E-state index in [9.17, 15) is 8.42 Å². The van der Waals surface area contributed by atoms with E-state index in [-0.39, 0.29) is 5.75 Å². The molecule has 0 fully saturated rings. The van der Waals surface area contributed by atoms with Gasteiger partial charge < -0.3 is 4.57 Å². The Morgan fingerprint density at radius 1 is 1.46 bits per heavy atom. The van der Waals surface area contributed by atoms with Gasteiger partial charge in [-0.25, -0.2) is 9.55 Å². The van der Waals surface area contributed by atoms with Crippen molar-refractivity contribution in [3.63, 3.8) is 0 Å². The Hall–Kier alpha value is -1.78. The first-order valence-corrected chi connectivity index (χ1v) is 9.92. The highest BCUT2D eigenvalue weighted by atomic mass is 32.2. The fourth-order valence-electron chi connectivity index (χ4n) is 2.12. The fourth-order valence-corrected chi connectivity index (χ4v) is 3.64. The molecule has 24 heavy (non-hydrogen) atoms. The van der Waals surface area contributed by atoms with E-state index in [2.05, 4.69) is 29.4 Å². The van der Waals surface area contributed by atoms with Crippen LogP contribution in [0.4, 0.5) is 5.13 Å². The molecule has 0 atom stereocenters. The third-order valence-corrected chi connectivity index (χ3v) is 5.67. The van der Waals surface area contributed by atoms with Gasteiger partial charge in [0.1, 0.15) is 11.9 Å². The molecule has 2 rings (SSSR count). The van der Waals surface area contributed by atoms with Crippen molar-refractivity contribution in [2.24, 2.45) is 12.1 Å². The molecule has 0 aromatic carbocycles. The van der Waals surface area contributed by atoms with Gasteiger partial charge in [0.15, 0.2) is 5.82 Å². The molecule has 0 aliphatic heterocycles. The van der Waals surface area contributed by atoms with Gasteiger partial charge >= 0.3 is 5.13 Å². The normalized spacial score (nSPS) is 12.2. The summed E-state index contributed by atoms with van der Waals surface area (Å²) in [6.45, 7) is 4.73. The molecule has 0 radical (unpaired) electrons. The van der Waals surface area contributed by atoms with Crippen molar-refractivity contribution < 1.29 is 17.5 Å². The Morgan fingerprint density at radius 2 is 2.21 bits per heavy atom. The molecule has 0 saturated carbocycles. The number of rotatable bonds is 8. The summed E-state index contributed by atoms with van der Waals surface area (Å²) in [6, 6.07) is 0. The first kappa shape index (κ1) is 18.6. The second kappa shape index (κ2) is 7.86. The first-order valence-electron chi connectivity index (χ1n) is 7.49. The number of hydrogen-bond donors (Lipinski definition) is 2. The lowest BCUT2D eigenvalue weighted by molar-refractivity contribution is -0.659. The van der Waals surface area contributed by atoms with Crippen molar-refractivity contribution in [1.82, 2.24) is 9.55 Å². The van der Waals surface area contributed by atoms with Crippen molar-refractivity contribution in [2.75, 3.05) is 11.2 Å². The molecule has 0 unspecified atom stereocenters. The van der Waals surface area contributed by atoms with E-state index in [1.54, 1.807) is 23.7 Å². The smallest absolute Gasteiger partial charge is 0.330 e. The van der Waals surface area contributed by atoms with Gasteiger partial charge in [0, 0.05) is 18.9 Å². The van der Waals surface area contributed by atoms with Crippen LogP contribution in [0.15, 0.2) is 17.5 Å². The van der Waals surface area contributed by atoms with Crippen molar-refractivity contribution in [2.45, 2.75) is 33.2 Å². The molecule has 2 aromatic rings. The number of thiazole rings is 1. The zero-order valence-corrected chi connectivity index (χ0v) is 15.6. The van der Waals surface area contributed by atoms with Crippen LogP contribution in [0.5, 0.6) is 0 Å². The third-order valence-electron chi connectivity index (χ3n) is 3.71. The molecular formula is C14H22N5O3S2+. The second-order valence-electron chi connectivity index (χ2n) is 5.45. The molecule has 0 spiro atoms. The minimum atomic E-state index is -3.89. The zero-order valence-electron chi connectivity index (χ0n) is 13.9. The highest BCUT2D eigenvalue weighted by Gasteiger charge is 2.14. The van der Waals surface area contributed by atoms with E-state index in [0.717, 1.165) is 5.13 Å². The Morgan fingerprint density at radius 3 is 2.83 bits per heavy atom. The van der Waals surface area contributed by atoms with Crippen LogP contribution >= 0.6 is 11.3 Å². The van der Waals surface area contributed by atoms with Crippen LogP contribution in [0.25, 0.3) is 0 Å². The van der Waals surface area contributed by atoms with Crippen molar-refractivity contribution in [3.05, 3.63) is 28.8 Å². The Labute approximate surface area is 145 Å². The van der Waals surface area contributed by atoms with Gasteiger partial charge in [-0.3, -0.25) is 4.55 Å². The molecule has 8 nitrogen and oxygen atoms in total. The minimum absolute atomic E-state index is 0.222. The molecule has 0 aliphatic carbocycles. The number of aryl methyl sites for hydroxylation is 2. The number of nitrogens with zero attached hydrogens (tertiary/aromatic N) is 4. The largest absolute Gasteiger partial charge is 0.359 e. The number of anilines is 1. The summed E-state index contributed by atoms with van der Waals surface area (Å²) >= 11 is 1.63. The Bertz CT molecular complexity index is 824. The SMILES string of the molecule is Cc1sc(N/N=C/c2nccn2CCCCS(=O)(=O)O)[n+](C)c1C. The lowest BCUT2D eigenvalue weighted by Crippen LogP contribution is -2.31. The van der Waals surface area contributed by atoms with Crippen molar-refractivity contribution in [3.8, 4) is 0 Å². The molecule has 2 heterocycles. The molecule has 0 amide bonds. The maximum atomic E-state index is 10.7. The number of aromatic nitrogens is 3.